The Bertz CT molecular complexity index is 762. The summed E-state index contributed by atoms with van der Waals surface area (Å²) in [7, 11) is 1.55. The van der Waals surface area contributed by atoms with Gasteiger partial charge in [0.1, 0.15) is 24.4 Å². The standard InChI is InChI=1S/C25H32O5/c1-18(2)14-15-21-22(28-16-19-10-6-4-7-11-19)23(24(27-3)25(26)30-21)29-17-20-12-8-5-9-13-20/h4-15,18,21-26H,16-17H2,1-3H3/b15-14+/t21-,22+,23-,24-,25-/m1/s1. The van der Waals surface area contributed by atoms with E-state index in [1.807, 2.05) is 66.7 Å². The van der Waals surface area contributed by atoms with Crippen molar-refractivity contribution in [1.29, 1.82) is 0 Å². The average molecular weight is 413 g/mol. The van der Waals surface area contributed by atoms with E-state index < -0.39 is 30.7 Å². The Kier molecular flexibility index (Phi) is 8.61. The third-order valence-corrected chi connectivity index (χ3v) is 5.08. The molecule has 30 heavy (non-hydrogen) atoms. The largest absolute Gasteiger partial charge is 0.373 e. The summed E-state index contributed by atoms with van der Waals surface area (Å²) in [6.07, 6.45) is 0.874. The summed E-state index contributed by atoms with van der Waals surface area (Å²) < 4.78 is 24.0. The molecule has 0 amide bonds. The van der Waals surface area contributed by atoms with Gasteiger partial charge in [0.2, 0.25) is 0 Å². The van der Waals surface area contributed by atoms with Gasteiger partial charge in [-0.2, -0.15) is 0 Å². The van der Waals surface area contributed by atoms with Gasteiger partial charge in [-0.25, -0.2) is 0 Å². The Morgan fingerprint density at radius 2 is 1.40 bits per heavy atom. The van der Waals surface area contributed by atoms with Gasteiger partial charge in [-0.1, -0.05) is 86.7 Å². The van der Waals surface area contributed by atoms with E-state index in [-0.39, 0.29) is 0 Å². The SMILES string of the molecule is CO[C@@H]1[C@H](OCc2ccccc2)[C@@H](OCc2ccccc2)[C@@H](/C=C/C(C)C)O[C@H]1O. The lowest BCUT2D eigenvalue weighted by atomic mass is 9.96. The molecule has 0 saturated carbocycles. The Balaban J connectivity index is 1.81. The number of aliphatic hydroxyl groups excluding tert-OH is 1. The molecule has 1 saturated heterocycles. The molecule has 0 bridgehead atoms. The van der Waals surface area contributed by atoms with Crippen LogP contribution in [0.15, 0.2) is 72.8 Å². The first kappa shape index (κ1) is 22.7. The molecule has 5 nitrogen and oxygen atoms in total. The van der Waals surface area contributed by atoms with Gasteiger partial charge in [0, 0.05) is 7.11 Å². The summed E-state index contributed by atoms with van der Waals surface area (Å²) in [6, 6.07) is 19.9. The summed E-state index contributed by atoms with van der Waals surface area (Å²) in [6.45, 7) is 5.00. The Hall–Kier alpha value is -2.02. The fourth-order valence-corrected chi connectivity index (χ4v) is 3.50. The molecule has 0 aromatic heterocycles. The molecule has 1 fully saturated rings. The summed E-state index contributed by atoms with van der Waals surface area (Å²) in [5, 5.41) is 10.6. The summed E-state index contributed by atoms with van der Waals surface area (Å²) in [5.41, 5.74) is 2.11. The van der Waals surface area contributed by atoms with Gasteiger partial charge in [-0.15, -0.1) is 0 Å². The number of aliphatic hydroxyl groups is 1. The van der Waals surface area contributed by atoms with Crippen LogP contribution < -0.4 is 0 Å². The van der Waals surface area contributed by atoms with Crippen molar-refractivity contribution in [2.24, 2.45) is 5.92 Å². The lowest BCUT2D eigenvalue weighted by Gasteiger charge is -2.43. The zero-order chi connectivity index (χ0) is 21.3. The van der Waals surface area contributed by atoms with Crippen LogP contribution in [0.1, 0.15) is 25.0 Å². The minimum atomic E-state index is -1.10. The second kappa shape index (κ2) is 11.4. The Morgan fingerprint density at radius 3 is 1.90 bits per heavy atom. The quantitative estimate of drug-likeness (QED) is 0.629. The van der Waals surface area contributed by atoms with Crippen molar-refractivity contribution in [3.8, 4) is 0 Å². The normalized spacial score (nSPS) is 27.0. The highest BCUT2D eigenvalue weighted by Crippen LogP contribution is 2.29. The van der Waals surface area contributed by atoms with Crippen molar-refractivity contribution in [3.63, 3.8) is 0 Å². The van der Waals surface area contributed by atoms with Crippen LogP contribution in [0.2, 0.25) is 0 Å². The minimum absolute atomic E-state index is 0.351. The average Bonchev–Trinajstić information content (AvgIpc) is 2.76. The van der Waals surface area contributed by atoms with Gasteiger partial charge in [-0.05, 0) is 17.0 Å². The van der Waals surface area contributed by atoms with Crippen molar-refractivity contribution >= 4 is 0 Å². The third kappa shape index (κ3) is 6.24. The lowest BCUT2D eigenvalue weighted by molar-refractivity contribution is -0.296. The molecular weight excluding hydrogens is 380 g/mol. The zero-order valence-corrected chi connectivity index (χ0v) is 17.9. The second-order valence-electron chi connectivity index (χ2n) is 7.84. The number of allylic oxidation sites excluding steroid dienone is 1. The van der Waals surface area contributed by atoms with Gasteiger partial charge >= 0.3 is 0 Å². The number of benzene rings is 2. The molecule has 1 heterocycles. The first-order chi connectivity index (χ1) is 14.6. The summed E-state index contributed by atoms with van der Waals surface area (Å²) in [4.78, 5) is 0. The van der Waals surface area contributed by atoms with Crippen molar-refractivity contribution in [3.05, 3.63) is 83.9 Å². The van der Waals surface area contributed by atoms with Crippen LogP contribution in [-0.4, -0.2) is 42.9 Å². The van der Waals surface area contributed by atoms with Crippen LogP contribution in [0.4, 0.5) is 0 Å². The molecule has 2 aromatic rings. The number of methoxy groups -OCH3 is 1. The lowest BCUT2D eigenvalue weighted by Crippen LogP contribution is -2.59. The molecule has 0 spiro atoms. The second-order valence-corrected chi connectivity index (χ2v) is 7.84. The number of hydrogen-bond acceptors (Lipinski definition) is 5. The van der Waals surface area contributed by atoms with E-state index in [1.54, 1.807) is 7.11 Å². The molecule has 0 aliphatic carbocycles. The number of hydrogen-bond donors (Lipinski definition) is 1. The van der Waals surface area contributed by atoms with E-state index >= 15 is 0 Å². The van der Waals surface area contributed by atoms with Gasteiger partial charge in [-0.3, -0.25) is 0 Å². The van der Waals surface area contributed by atoms with Gasteiger partial charge in [0.15, 0.2) is 6.29 Å². The van der Waals surface area contributed by atoms with E-state index in [2.05, 4.69) is 19.9 Å². The number of ether oxygens (including phenoxy) is 4. The van der Waals surface area contributed by atoms with Crippen LogP contribution in [0.5, 0.6) is 0 Å². The van der Waals surface area contributed by atoms with Crippen molar-refractivity contribution in [2.75, 3.05) is 7.11 Å². The van der Waals surface area contributed by atoms with Crippen LogP contribution in [-0.2, 0) is 32.2 Å². The number of rotatable bonds is 9. The molecule has 2 aromatic carbocycles. The van der Waals surface area contributed by atoms with Crippen molar-refractivity contribution in [1.82, 2.24) is 0 Å². The smallest absolute Gasteiger partial charge is 0.184 e. The first-order valence-corrected chi connectivity index (χ1v) is 10.4. The third-order valence-electron chi connectivity index (χ3n) is 5.08. The van der Waals surface area contributed by atoms with Crippen molar-refractivity contribution < 1.29 is 24.1 Å². The molecule has 1 N–H and O–H groups in total. The van der Waals surface area contributed by atoms with E-state index in [4.69, 9.17) is 18.9 Å². The topological polar surface area (TPSA) is 57.2 Å². The highest BCUT2D eigenvalue weighted by Gasteiger charge is 2.46. The van der Waals surface area contributed by atoms with E-state index in [0.717, 1.165) is 11.1 Å². The fourth-order valence-electron chi connectivity index (χ4n) is 3.50. The molecule has 1 aliphatic heterocycles. The van der Waals surface area contributed by atoms with Gasteiger partial charge < -0.3 is 24.1 Å². The molecule has 162 valence electrons. The molecule has 3 rings (SSSR count). The highest BCUT2D eigenvalue weighted by molar-refractivity contribution is 5.15. The Labute approximate surface area is 179 Å². The predicted octanol–water partition coefficient (Wildman–Crippen LogP) is 4.10. The van der Waals surface area contributed by atoms with Gasteiger partial charge in [0.25, 0.3) is 0 Å². The highest BCUT2D eigenvalue weighted by atomic mass is 16.7. The maximum absolute atomic E-state index is 10.6. The molecule has 5 atom stereocenters. The first-order valence-electron chi connectivity index (χ1n) is 10.4. The zero-order valence-electron chi connectivity index (χ0n) is 17.9. The van der Waals surface area contributed by atoms with Crippen LogP contribution in [0.3, 0.4) is 0 Å². The molecule has 5 heteroatoms. The van der Waals surface area contributed by atoms with Crippen LogP contribution >= 0.6 is 0 Å². The van der Waals surface area contributed by atoms with Gasteiger partial charge in [0.05, 0.1) is 13.2 Å². The van der Waals surface area contributed by atoms with Crippen molar-refractivity contribution in [2.45, 2.75) is 57.8 Å². The summed E-state index contributed by atoms with van der Waals surface area (Å²) >= 11 is 0. The summed E-state index contributed by atoms with van der Waals surface area (Å²) in [5.74, 6) is 0.351. The molecule has 0 unspecified atom stereocenters. The van der Waals surface area contributed by atoms with Crippen LogP contribution in [0, 0.1) is 5.92 Å². The monoisotopic (exact) mass is 412 g/mol. The van der Waals surface area contributed by atoms with Crippen LogP contribution in [0.25, 0.3) is 0 Å². The maximum Gasteiger partial charge on any atom is 0.184 e. The molecule has 0 radical (unpaired) electrons. The van der Waals surface area contributed by atoms with E-state index in [9.17, 15) is 5.11 Å². The minimum Gasteiger partial charge on any atom is -0.373 e. The van der Waals surface area contributed by atoms with E-state index in [0.29, 0.717) is 19.1 Å². The molecular formula is C25H32O5. The Morgan fingerprint density at radius 1 is 0.867 bits per heavy atom. The van der Waals surface area contributed by atoms with E-state index in [1.165, 1.54) is 0 Å². The fraction of sp³-hybridized carbons (Fsp3) is 0.440. The molecule has 1 aliphatic rings. The predicted molar refractivity (Wildman–Crippen MR) is 116 cm³/mol. The maximum atomic E-state index is 10.6.